The van der Waals surface area contributed by atoms with Gasteiger partial charge in [-0.25, -0.2) is 0 Å². The predicted octanol–water partition coefficient (Wildman–Crippen LogP) is 20.1. The number of hydrogen-bond acceptors (Lipinski definition) is 6. The monoisotopic (exact) mass is 987 g/mol. The molecule has 0 bridgehead atoms. The number of allylic oxidation sites excluding steroid dienone is 16. The third-order valence-corrected chi connectivity index (χ3v) is 12.6. The summed E-state index contributed by atoms with van der Waals surface area (Å²) in [7, 11) is 0. The van der Waals surface area contributed by atoms with E-state index in [1.807, 2.05) is 0 Å². The van der Waals surface area contributed by atoms with Crippen molar-refractivity contribution in [2.45, 2.75) is 284 Å². The molecule has 0 aliphatic rings. The Hall–Kier alpha value is -3.67. The van der Waals surface area contributed by atoms with Gasteiger partial charge < -0.3 is 14.2 Å². The summed E-state index contributed by atoms with van der Waals surface area (Å²) in [5.74, 6) is -0.927. The zero-order valence-corrected chi connectivity index (χ0v) is 46.5. The van der Waals surface area contributed by atoms with E-state index in [4.69, 9.17) is 14.2 Å². The lowest BCUT2D eigenvalue weighted by atomic mass is 10.1. The highest BCUT2D eigenvalue weighted by Crippen LogP contribution is 2.15. The van der Waals surface area contributed by atoms with Gasteiger partial charge in [-0.15, -0.1) is 0 Å². The molecular weight excluding hydrogens is 877 g/mol. The molecule has 6 nitrogen and oxygen atoms in total. The summed E-state index contributed by atoms with van der Waals surface area (Å²) in [6, 6.07) is 0. The Labute approximate surface area is 438 Å². The normalized spacial score (nSPS) is 12.8. The lowest BCUT2D eigenvalue weighted by molar-refractivity contribution is -0.167. The van der Waals surface area contributed by atoms with Gasteiger partial charge in [0.15, 0.2) is 6.10 Å². The summed E-state index contributed by atoms with van der Waals surface area (Å²) < 4.78 is 16.8. The lowest BCUT2D eigenvalue weighted by Gasteiger charge is -2.18. The van der Waals surface area contributed by atoms with Crippen molar-refractivity contribution in [2.75, 3.05) is 13.2 Å². The fourth-order valence-corrected chi connectivity index (χ4v) is 8.12. The Bertz CT molecular complexity index is 1410. The van der Waals surface area contributed by atoms with Crippen LogP contribution in [0.3, 0.4) is 0 Å². The van der Waals surface area contributed by atoms with Crippen molar-refractivity contribution in [3.8, 4) is 0 Å². The largest absolute Gasteiger partial charge is 0.462 e. The summed E-state index contributed by atoms with van der Waals surface area (Å²) in [5.41, 5.74) is 0. The van der Waals surface area contributed by atoms with E-state index in [9.17, 15) is 14.4 Å². The first kappa shape index (κ1) is 67.3. The third-order valence-electron chi connectivity index (χ3n) is 12.6. The van der Waals surface area contributed by atoms with Crippen LogP contribution in [0.25, 0.3) is 0 Å². The summed E-state index contributed by atoms with van der Waals surface area (Å²) in [4.78, 5) is 38.1. The van der Waals surface area contributed by atoms with Crippen LogP contribution in [0.1, 0.15) is 278 Å². The number of esters is 3. The van der Waals surface area contributed by atoms with E-state index in [1.54, 1.807) is 0 Å². The van der Waals surface area contributed by atoms with E-state index < -0.39 is 6.10 Å². The van der Waals surface area contributed by atoms with Crippen LogP contribution in [0.5, 0.6) is 0 Å². The maximum absolute atomic E-state index is 12.8. The van der Waals surface area contributed by atoms with Crippen molar-refractivity contribution in [1.29, 1.82) is 0 Å². The molecule has 0 heterocycles. The number of carbonyl (C=O) groups is 3. The zero-order chi connectivity index (χ0) is 51.4. The third kappa shape index (κ3) is 57.1. The first-order valence-corrected chi connectivity index (χ1v) is 29.7. The van der Waals surface area contributed by atoms with Crippen LogP contribution in [-0.2, 0) is 28.6 Å². The quantitative estimate of drug-likeness (QED) is 0.0261. The van der Waals surface area contributed by atoms with Gasteiger partial charge in [-0.05, 0) is 103 Å². The van der Waals surface area contributed by atoms with Crippen LogP contribution < -0.4 is 0 Å². The fraction of sp³-hybridized carbons (Fsp3) is 0.708. The Kier molecular flexibility index (Phi) is 55.9. The molecule has 0 saturated carbocycles. The highest BCUT2D eigenvalue weighted by Gasteiger charge is 2.19. The molecule has 406 valence electrons. The molecule has 0 aliphatic carbocycles. The number of ether oxygens (including phenoxy) is 3. The highest BCUT2D eigenvalue weighted by molar-refractivity contribution is 5.71. The van der Waals surface area contributed by atoms with Gasteiger partial charge in [0.25, 0.3) is 0 Å². The van der Waals surface area contributed by atoms with Crippen LogP contribution in [-0.4, -0.2) is 37.2 Å². The average molecular weight is 988 g/mol. The molecule has 0 aromatic rings. The molecule has 0 spiro atoms. The van der Waals surface area contributed by atoms with Crippen molar-refractivity contribution >= 4 is 17.9 Å². The molecule has 1 atom stereocenters. The SMILES string of the molecule is CC/C=C\C/C=C\C/C=C\C/C=C\C/C=C\CCCCCC(=O)OC(COC(=O)CCCCCCCCCCC)COC(=O)CCCCCCCCCCCC/C=C\C/C=C\C/C=C\CCCCCCC. The van der Waals surface area contributed by atoms with E-state index >= 15 is 0 Å². The minimum Gasteiger partial charge on any atom is -0.462 e. The standard InChI is InChI=1S/C65H110O6/c1-4-7-10-13-16-19-21-23-25-27-29-30-31-32-33-34-36-37-39-41-43-46-49-52-55-58-64(67)70-61-62(60-69-63(66)57-54-51-48-45-18-15-12-9-6-3)71-65(68)59-56-53-50-47-44-42-40-38-35-28-26-24-22-20-17-14-11-8-5-2/h8,11,17,20-21,23-24,26-27,29,31-32,35,38,42,44,62H,4-7,9-10,12-16,18-19,22,25,28,30,33-34,36-37,39-41,43,45-61H2,1-3H3/b11-8-,20-17-,23-21-,26-24-,29-27-,32-31-,38-35-,44-42-. The van der Waals surface area contributed by atoms with Crippen molar-refractivity contribution in [3.05, 3.63) is 97.2 Å². The molecule has 0 N–H and O–H groups in total. The van der Waals surface area contributed by atoms with Crippen molar-refractivity contribution < 1.29 is 28.6 Å². The number of rotatable bonds is 53. The molecular formula is C65H110O6. The summed E-state index contributed by atoms with van der Waals surface area (Å²) >= 11 is 0. The molecule has 0 fully saturated rings. The maximum atomic E-state index is 12.8. The van der Waals surface area contributed by atoms with Crippen molar-refractivity contribution in [3.63, 3.8) is 0 Å². The van der Waals surface area contributed by atoms with Gasteiger partial charge in [-0.2, -0.15) is 0 Å². The molecule has 0 aliphatic heterocycles. The van der Waals surface area contributed by atoms with Crippen molar-refractivity contribution in [1.82, 2.24) is 0 Å². The van der Waals surface area contributed by atoms with Crippen LogP contribution >= 0.6 is 0 Å². The molecule has 71 heavy (non-hydrogen) atoms. The Morgan fingerprint density at radius 1 is 0.296 bits per heavy atom. The minimum atomic E-state index is -0.796. The fourth-order valence-electron chi connectivity index (χ4n) is 8.12. The second-order valence-corrected chi connectivity index (χ2v) is 19.5. The lowest BCUT2D eigenvalue weighted by Crippen LogP contribution is -2.30. The zero-order valence-electron chi connectivity index (χ0n) is 46.5. The van der Waals surface area contributed by atoms with Gasteiger partial charge in [0, 0.05) is 19.3 Å². The number of unbranched alkanes of at least 4 members (excludes halogenated alkanes) is 26. The van der Waals surface area contributed by atoms with Crippen molar-refractivity contribution in [2.24, 2.45) is 0 Å². The molecule has 0 radical (unpaired) electrons. The van der Waals surface area contributed by atoms with Crippen LogP contribution in [0, 0.1) is 0 Å². The van der Waals surface area contributed by atoms with Gasteiger partial charge in [0.1, 0.15) is 13.2 Å². The second kappa shape index (κ2) is 58.9. The molecule has 0 aromatic carbocycles. The van der Waals surface area contributed by atoms with Crippen LogP contribution in [0.15, 0.2) is 97.2 Å². The Morgan fingerprint density at radius 3 is 0.873 bits per heavy atom. The summed E-state index contributed by atoms with van der Waals surface area (Å²) in [6.45, 7) is 6.47. The molecule has 6 heteroatoms. The van der Waals surface area contributed by atoms with Gasteiger partial charge in [0.2, 0.25) is 0 Å². The van der Waals surface area contributed by atoms with Gasteiger partial charge in [0.05, 0.1) is 0 Å². The van der Waals surface area contributed by atoms with Crippen LogP contribution in [0.4, 0.5) is 0 Å². The summed E-state index contributed by atoms with van der Waals surface area (Å²) in [6.07, 6.45) is 78.4. The first-order valence-electron chi connectivity index (χ1n) is 29.7. The van der Waals surface area contributed by atoms with E-state index in [0.29, 0.717) is 12.8 Å². The predicted molar refractivity (Wildman–Crippen MR) is 307 cm³/mol. The van der Waals surface area contributed by atoms with E-state index in [0.717, 1.165) is 109 Å². The highest BCUT2D eigenvalue weighted by atomic mass is 16.6. The van der Waals surface area contributed by atoms with Gasteiger partial charge in [-0.1, -0.05) is 253 Å². The first-order chi connectivity index (χ1) is 35.0. The average Bonchev–Trinajstić information content (AvgIpc) is 3.37. The Balaban J connectivity index is 4.30. The topological polar surface area (TPSA) is 78.9 Å². The molecule has 0 rings (SSSR count). The number of hydrogen-bond donors (Lipinski definition) is 0. The molecule has 1 unspecified atom stereocenters. The van der Waals surface area contributed by atoms with Gasteiger partial charge in [-0.3, -0.25) is 14.4 Å². The van der Waals surface area contributed by atoms with Crippen LogP contribution in [0.2, 0.25) is 0 Å². The van der Waals surface area contributed by atoms with Gasteiger partial charge >= 0.3 is 17.9 Å². The Morgan fingerprint density at radius 2 is 0.549 bits per heavy atom. The summed E-state index contributed by atoms with van der Waals surface area (Å²) in [5, 5.41) is 0. The molecule has 0 saturated heterocycles. The van der Waals surface area contributed by atoms with E-state index in [1.165, 1.54) is 128 Å². The van der Waals surface area contributed by atoms with E-state index in [2.05, 4.69) is 118 Å². The minimum absolute atomic E-state index is 0.0912. The van der Waals surface area contributed by atoms with E-state index in [-0.39, 0.29) is 37.5 Å². The number of carbonyl (C=O) groups excluding carboxylic acids is 3. The molecule has 0 amide bonds. The second-order valence-electron chi connectivity index (χ2n) is 19.5. The smallest absolute Gasteiger partial charge is 0.306 e. The maximum Gasteiger partial charge on any atom is 0.306 e. The molecule has 0 aromatic heterocycles.